The van der Waals surface area contributed by atoms with Gasteiger partial charge in [0.2, 0.25) is 11.8 Å². The van der Waals surface area contributed by atoms with Crippen molar-refractivity contribution in [2.45, 2.75) is 52.0 Å². The molecule has 2 N–H and O–H groups in total. The molecule has 1 saturated heterocycles. The first-order chi connectivity index (χ1) is 13.2. The van der Waals surface area contributed by atoms with Crippen molar-refractivity contribution in [2.24, 2.45) is 0 Å². The number of anilines is 1. The van der Waals surface area contributed by atoms with Crippen molar-refractivity contribution in [1.29, 1.82) is 0 Å². The van der Waals surface area contributed by atoms with Crippen molar-refractivity contribution in [3.8, 4) is 0 Å². The zero-order chi connectivity index (χ0) is 20.8. The van der Waals surface area contributed by atoms with E-state index in [0.717, 1.165) is 16.8 Å². The molecule has 1 aliphatic rings. The van der Waals surface area contributed by atoms with Gasteiger partial charge in [0.25, 0.3) is 0 Å². The summed E-state index contributed by atoms with van der Waals surface area (Å²) in [6, 6.07) is 5.37. The molecule has 1 aromatic rings. The molecule has 0 bridgehead atoms. The van der Waals surface area contributed by atoms with E-state index in [-0.39, 0.29) is 36.6 Å². The Balaban J connectivity index is 2.19. The monoisotopic (exact) mass is 389 g/mol. The Hall–Kier alpha value is -2.41. The molecular weight excluding hydrogens is 358 g/mol. The topological polar surface area (TPSA) is 87.7 Å². The molecule has 0 aromatic heterocycles. The van der Waals surface area contributed by atoms with E-state index in [4.69, 9.17) is 0 Å². The molecule has 1 fully saturated rings. The first-order valence-corrected chi connectivity index (χ1v) is 9.75. The molecule has 1 aliphatic heterocycles. The Bertz CT molecular complexity index is 704. The number of carbonyl (C=O) groups is 3. The fourth-order valence-corrected chi connectivity index (χ4v) is 3.47. The van der Waals surface area contributed by atoms with Gasteiger partial charge in [-0.1, -0.05) is 45.9 Å². The summed E-state index contributed by atoms with van der Waals surface area (Å²) >= 11 is 0. The van der Waals surface area contributed by atoms with Crippen LogP contribution in [0.4, 0.5) is 5.69 Å². The number of para-hydroxylation sites is 1. The third-order valence-corrected chi connectivity index (χ3v) is 5.01. The Kier molecular flexibility index (Phi) is 7.57. The summed E-state index contributed by atoms with van der Waals surface area (Å²) in [6.07, 6.45) is -0.0740. The molecule has 1 heterocycles. The fourth-order valence-electron chi connectivity index (χ4n) is 3.47. The third-order valence-electron chi connectivity index (χ3n) is 5.01. The van der Waals surface area contributed by atoms with E-state index in [1.165, 1.54) is 7.11 Å². The number of carbonyl (C=O) groups excluding carboxylic acids is 3. The minimum Gasteiger partial charge on any atom is -0.469 e. The summed E-state index contributed by atoms with van der Waals surface area (Å²) in [7, 11) is 1.29. The van der Waals surface area contributed by atoms with Gasteiger partial charge in [-0.15, -0.1) is 0 Å². The normalized spacial score (nSPS) is 17.5. The molecule has 0 spiro atoms. The number of amides is 2. The lowest BCUT2D eigenvalue weighted by atomic mass is 9.92. The number of nitrogens with one attached hydrogen (secondary N) is 2. The highest BCUT2D eigenvalue weighted by molar-refractivity contribution is 5.95. The number of nitrogens with zero attached hydrogens (tertiary/aromatic N) is 1. The molecule has 1 atom stereocenters. The summed E-state index contributed by atoms with van der Waals surface area (Å²) < 4.78 is 4.69. The average molecular weight is 389 g/mol. The van der Waals surface area contributed by atoms with Crippen LogP contribution in [0.3, 0.4) is 0 Å². The first-order valence-electron chi connectivity index (χ1n) is 9.75. The summed E-state index contributed by atoms with van der Waals surface area (Å²) in [5.41, 5.74) is 3.02. The largest absolute Gasteiger partial charge is 0.469 e. The number of esters is 1. The van der Waals surface area contributed by atoms with Crippen molar-refractivity contribution in [3.63, 3.8) is 0 Å². The molecule has 7 heteroatoms. The number of methoxy groups -OCH3 is 1. The second-order valence-electron chi connectivity index (χ2n) is 7.73. The molecule has 0 aliphatic carbocycles. The SMILES string of the molecule is COC(=O)C[C@@H]1C(=O)NCCN1CC(=O)Nc1c(C(C)C)cccc1C(C)C. The summed E-state index contributed by atoms with van der Waals surface area (Å²) in [6.45, 7) is 9.37. The molecule has 0 saturated carbocycles. The lowest BCUT2D eigenvalue weighted by Gasteiger charge is -2.34. The predicted molar refractivity (Wildman–Crippen MR) is 108 cm³/mol. The maximum Gasteiger partial charge on any atom is 0.307 e. The van der Waals surface area contributed by atoms with Gasteiger partial charge < -0.3 is 15.4 Å². The van der Waals surface area contributed by atoms with Crippen LogP contribution in [-0.4, -0.2) is 55.5 Å². The maximum absolute atomic E-state index is 12.8. The Morgan fingerprint density at radius 3 is 2.36 bits per heavy atom. The Labute approximate surface area is 166 Å². The Morgan fingerprint density at radius 1 is 1.21 bits per heavy atom. The van der Waals surface area contributed by atoms with E-state index in [0.29, 0.717) is 13.1 Å². The highest BCUT2D eigenvalue weighted by atomic mass is 16.5. The van der Waals surface area contributed by atoms with Gasteiger partial charge in [-0.05, 0) is 23.0 Å². The van der Waals surface area contributed by atoms with Crippen LogP contribution in [0, 0.1) is 0 Å². The van der Waals surface area contributed by atoms with Gasteiger partial charge in [0.05, 0.1) is 20.1 Å². The highest BCUT2D eigenvalue weighted by Crippen LogP contribution is 2.32. The van der Waals surface area contributed by atoms with E-state index in [2.05, 4.69) is 43.1 Å². The molecule has 0 unspecified atom stereocenters. The quantitative estimate of drug-likeness (QED) is 0.699. The van der Waals surface area contributed by atoms with Crippen LogP contribution in [-0.2, 0) is 19.1 Å². The van der Waals surface area contributed by atoms with Gasteiger partial charge >= 0.3 is 5.97 Å². The van der Waals surface area contributed by atoms with E-state index < -0.39 is 12.0 Å². The maximum atomic E-state index is 12.8. The van der Waals surface area contributed by atoms with Gasteiger partial charge in [0.15, 0.2) is 0 Å². The van der Waals surface area contributed by atoms with E-state index in [1.54, 1.807) is 4.90 Å². The smallest absolute Gasteiger partial charge is 0.307 e. The lowest BCUT2D eigenvalue weighted by molar-refractivity contribution is -0.146. The molecule has 1 aromatic carbocycles. The minimum atomic E-state index is -0.697. The van der Waals surface area contributed by atoms with E-state index in [1.807, 2.05) is 18.2 Å². The van der Waals surface area contributed by atoms with Crippen LogP contribution in [0.5, 0.6) is 0 Å². The number of hydrogen-bond acceptors (Lipinski definition) is 5. The first kappa shape index (κ1) is 21.9. The highest BCUT2D eigenvalue weighted by Gasteiger charge is 2.33. The number of ether oxygens (including phenoxy) is 1. The standard InChI is InChI=1S/C21H31N3O4/c1-13(2)15-7-6-8-16(14(3)4)20(15)23-18(25)12-24-10-9-22-21(27)17(24)11-19(26)28-5/h6-8,13-14,17H,9-12H2,1-5H3,(H,22,27)(H,23,25)/t17-/m1/s1. The van der Waals surface area contributed by atoms with Gasteiger partial charge in [-0.25, -0.2) is 0 Å². The van der Waals surface area contributed by atoms with Crippen molar-refractivity contribution < 1.29 is 19.1 Å². The number of hydrogen-bond donors (Lipinski definition) is 2. The van der Waals surface area contributed by atoms with Crippen LogP contribution >= 0.6 is 0 Å². The minimum absolute atomic E-state index is 0.0407. The fraction of sp³-hybridized carbons (Fsp3) is 0.571. The third kappa shape index (κ3) is 5.32. The molecule has 28 heavy (non-hydrogen) atoms. The predicted octanol–water partition coefficient (Wildman–Crippen LogP) is 2.24. The summed E-state index contributed by atoms with van der Waals surface area (Å²) in [5.74, 6) is -0.391. The second-order valence-corrected chi connectivity index (χ2v) is 7.73. The number of rotatable bonds is 7. The van der Waals surface area contributed by atoms with Crippen LogP contribution in [0.15, 0.2) is 18.2 Å². The van der Waals surface area contributed by atoms with Gasteiger partial charge in [0.1, 0.15) is 6.04 Å². The zero-order valence-corrected chi connectivity index (χ0v) is 17.4. The molecule has 7 nitrogen and oxygen atoms in total. The van der Waals surface area contributed by atoms with Crippen LogP contribution in [0.2, 0.25) is 0 Å². The van der Waals surface area contributed by atoms with E-state index in [9.17, 15) is 14.4 Å². The van der Waals surface area contributed by atoms with Crippen molar-refractivity contribution in [1.82, 2.24) is 10.2 Å². The Morgan fingerprint density at radius 2 is 1.82 bits per heavy atom. The van der Waals surface area contributed by atoms with Gasteiger partial charge in [-0.2, -0.15) is 0 Å². The summed E-state index contributed by atoms with van der Waals surface area (Å²) in [5, 5.41) is 5.81. The zero-order valence-electron chi connectivity index (χ0n) is 17.4. The van der Waals surface area contributed by atoms with Gasteiger partial charge in [-0.3, -0.25) is 19.3 Å². The summed E-state index contributed by atoms with van der Waals surface area (Å²) in [4.78, 5) is 38.4. The average Bonchev–Trinajstić information content (AvgIpc) is 2.64. The second kappa shape index (κ2) is 9.68. The molecule has 2 amide bonds. The van der Waals surface area contributed by atoms with Crippen molar-refractivity contribution in [3.05, 3.63) is 29.3 Å². The van der Waals surface area contributed by atoms with Crippen LogP contribution in [0.1, 0.15) is 57.1 Å². The van der Waals surface area contributed by atoms with Crippen LogP contribution in [0.25, 0.3) is 0 Å². The number of benzene rings is 1. The molecular formula is C21H31N3O4. The van der Waals surface area contributed by atoms with E-state index >= 15 is 0 Å². The number of piperazine rings is 1. The molecule has 154 valence electrons. The molecule has 2 rings (SSSR count). The van der Waals surface area contributed by atoms with Crippen molar-refractivity contribution in [2.75, 3.05) is 32.1 Å². The van der Waals surface area contributed by atoms with Gasteiger partial charge in [0, 0.05) is 18.8 Å². The lowest BCUT2D eigenvalue weighted by Crippen LogP contribution is -2.57. The molecule has 0 radical (unpaired) electrons. The van der Waals surface area contributed by atoms with Crippen LogP contribution < -0.4 is 10.6 Å². The van der Waals surface area contributed by atoms with Crippen molar-refractivity contribution >= 4 is 23.5 Å².